The molecule has 0 spiro atoms. The Morgan fingerprint density at radius 2 is 1.65 bits per heavy atom. The van der Waals surface area contributed by atoms with Crippen molar-refractivity contribution < 1.29 is 22.7 Å². The first kappa shape index (κ1) is 16.4. The highest BCUT2D eigenvalue weighted by atomic mass is 32.2. The molecule has 2 unspecified atom stereocenters. The van der Waals surface area contributed by atoms with Crippen molar-refractivity contribution in [3.8, 4) is 0 Å². The molecule has 2 aliphatic rings. The van der Waals surface area contributed by atoms with E-state index in [1.165, 1.54) is 31.4 Å². The van der Waals surface area contributed by atoms with Gasteiger partial charge < -0.3 is 9.47 Å². The van der Waals surface area contributed by atoms with Crippen molar-refractivity contribution in [2.45, 2.75) is 48.8 Å². The van der Waals surface area contributed by atoms with Crippen molar-refractivity contribution in [1.29, 1.82) is 0 Å². The second kappa shape index (κ2) is 6.22. The number of hydrogen-bond acceptors (Lipinski definition) is 5. The number of esters is 1. The van der Waals surface area contributed by atoms with Crippen molar-refractivity contribution in [2.75, 3.05) is 14.2 Å². The Hall–Kier alpha value is -1.44. The van der Waals surface area contributed by atoms with Gasteiger partial charge in [-0.1, -0.05) is 0 Å². The Balaban J connectivity index is 1.86. The summed E-state index contributed by atoms with van der Waals surface area (Å²) < 4.78 is 37.6. The number of ether oxygens (including phenoxy) is 2. The number of benzene rings is 1. The lowest BCUT2D eigenvalue weighted by atomic mass is 10.0. The minimum absolute atomic E-state index is 0.00369. The Morgan fingerprint density at radius 3 is 2.13 bits per heavy atom. The van der Waals surface area contributed by atoms with E-state index in [4.69, 9.17) is 4.74 Å². The normalized spacial score (nSPS) is 27.8. The van der Waals surface area contributed by atoms with Crippen molar-refractivity contribution in [3.05, 3.63) is 29.8 Å². The Labute approximate surface area is 136 Å². The highest BCUT2D eigenvalue weighted by molar-refractivity contribution is 7.89. The van der Waals surface area contributed by atoms with Crippen LogP contribution in [0, 0.1) is 0 Å². The van der Waals surface area contributed by atoms with Crippen molar-refractivity contribution in [3.63, 3.8) is 0 Å². The molecule has 0 N–H and O–H groups in total. The van der Waals surface area contributed by atoms with Gasteiger partial charge in [-0.25, -0.2) is 13.2 Å². The van der Waals surface area contributed by atoms with E-state index in [9.17, 15) is 13.2 Å². The molecule has 1 aromatic rings. The first-order chi connectivity index (χ1) is 11.0. The number of carbonyl (C=O) groups excluding carboxylic acids is 1. The largest absolute Gasteiger partial charge is 0.465 e. The standard InChI is InChI=1S/C16H21NO5S/c1-21-14-9-12-5-6-13(10-14)17(12)23(19,20)15-7-3-11(4-8-15)16(18)22-2/h3-4,7-8,12-14H,5-6,9-10H2,1-2H3. The summed E-state index contributed by atoms with van der Waals surface area (Å²) in [7, 11) is -0.576. The molecule has 6 nitrogen and oxygen atoms in total. The van der Waals surface area contributed by atoms with Crippen LogP contribution in [0.3, 0.4) is 0 Å². The highest BCUT2D eigenvalue weighted by Crippen LogP contribution is 2.40. The minimum atomic E-state index is -3.55. The maximum absolute atomic E-state index is 13.0. The van der Waals surface area contributed by atoms with Crippen LogP contribution in [0.15, 0.2) is 29.2 Å². The summed E-state index contributed by atoms with van der Waals surface area (Å²) in [5, 5.41) is 0. The molecule has 0 saturated carbocycles. The van der Waals surface area contributed by atoms with Gasteiger partial charge in [0, 0.05) is 19.2 Å². The third-order valence-corrected chi connectivity index (χ3v) is 6.83. The van der Waals surface area contributed by atoms with E-state index < -0.39 is 16.0 Å². The quantitative estimate of drug-likeness (QED) is 0.782. The summed E-state index contributed by atoms with van der Waals surface area (Å²) in [6.45, 7) is 0. The van der Waals surface area contributed by atoms with Gasteiger partial charge in [-0.05, 0) is 49.9 Å². The highest BCUT2D eigenvalue weighted by Gasteiger charge is 2.47. The number of sulfonamides is 1. The molecule has 7 heteroatoms. The van der Waals surface area contributed by atoms with Crippen molar-refractivity contribution in [2.24, 2.45) is 0 Å². The Morgan fingerprint density at radius 1 is 1.09 bits per heavy atom. The van der Waals surface area contributed by atoms with Gasteiger partial charge >= 0.3 is 5.97 Å². The van der Waals surface area contributed by atoms with E-state index in [1.807, 2.05) is 0 Å². The summed E-state index contributed by atoms with van der Waals surface area (Å²) >= 11 is 0. The molecule has 0 aromatic heterocycles. The Bertz CT molecular complexity index is 671. The van der Waals surface area contributed by atoms with Crippen LogP contribution in [0.25, 0.3) is 0 Å². The third-order valence-electron chi connectivity index (χ3n) is 4.81. The molecule has 3 rings (SSSR count). The zero-order valence-electron chi connectivity index (χ0n) is 13.3. The average Bonchev–Trinajstić information content (AvgIpc) is 2.86. The van der Waals surface area contributed by atoms with Crippen molar-refractivity contribution >= 4 is 16.0 Å². The molecule has 1 aromatic carbocycles. The molecule has 2 heterocycles. The van der Waals surface area contributed by atoms with Gasteiger partial charge in [0.2, 0.25) is 10.0 Å². The molecule has 2 aliphatic heterocycles. The molecule has 2 atom stereocenters. The summed E-state index contributed by atoms with van der Waals surface area (Å²) in [6, 6.07) is 5.94. The molecule has 126 valence electrons. The minimum Gasteiger partial charge on any atom is -0.465 e. The van der Waals surface area contributed by atoms with E-state index >= 15 is 0 Å². The van der Waals surface area contributed by atoms with E-state index in [0.717, 1.165) is 25.7 Å². The Kier molecular flexibility index (Phi) is 4.44. The van der Waals surface area contributed by atoms with E-state index in [-0.39, 0.29) is 23.1 Å². The molecule has 23 heavy (non-hydrogen) atoms. The summed E-state index contributed by atoms with van der Waals surface area (Å²) in [5.41, 5.74) is 0.340. The van der Waals surface area contributed by atoms with Gasteiger partial charge in [0.25, 0.3) is 0 Å². The summed E-state index contributed by atoms with van der Waals surface area (Å²) in [4.78, 5) is 11.7. The van der Waals surface area contributed by atoms with Crippen LogP contribution in [-0.2, 0) is 19.5 Å². The fourth-order valence-electron chi connectivity index (χ4n) is 3.67. The van der Waals surface area contributed by atoms with Crippen LogP contribution in [0.4, 0.5) is 0 Å². The van der Waals surface area contributed by atoms with E-state index in [0.29, 0.717) is 5.56 Å². The van der Waals surface area contributed by atoms with Crippen LogP contribution in [0.2, 0.25) is 0 Å². The molecule has 2 saturated heterocycles. The molecular weight excluding hydrogens is 318 g/mol. The first-order valence-corrected chi connectivity index (χ1v) is 9.16. The van der Waals surface area contributed by atoms with Gasteiger partial charge in [-0.2, -0.15) is 4.31 Å². The summed E-state index contributed by atoms with van der Waals surface area (Å²) in [6.07, 6.45) is 3.38. The zero-order valence-corrected chi connectivity index (χ0v) is 14.1. The van der Waals surface area contributed by atoms with Gasteiger partial charge in [0.1, 0.15) is 0 Å². The average molecular weight is 339 g/mol. The second-order valence-electron chi connectivity index (χ2n) is 6.07. The molecular formula is C16H21NO5S. The predicted octanol–water partition coefficient (Wildman–Crippen LogP) is 1.80. The lowest BCUT2D eigenvalue weighted by Crippen LogP contribution is -2.48. The fourth-order valence-corrected chi connectivity index (χ4v) is 5.56. The third kappa shape index (κ3) is 2.88. The number of nitrogens with zero attached hydrogens (tertiary/aromatic N) is 1. The summed E-state index contributed by atoms with van der Waals surface area (Å²) in [5.74, 6) is -0.477. The molecule has 0 radical (unpaired) electrons. The first-order valence-electron chi connectivity index (χ1n) is 7.72. The van der Waals surface area contributed by atoms with E-state index in [1.54, 1.807) is 11.4 Å². The van der Waals surface area contributed by atoms with Crippen molar-refractivity contribution in [1.82, 2.24) is 4.31 Å². The van der Waals surface area contributed by atoms with Gasteiger partial charge in [-0.3, -0.25) is 0 Å². The lowest BCUT2D eigenvalue weighted by Gasteiger charge is -2.37. The second-order valence-corrected chi connectivity index (χ2v) is 7.91. The van der Waals surface area contributed by atoms with Gasteiger partial charge in [-0.15, -0.1) is 0 Å². The monoisotopic (exact) mass is 339 g/mol. The number of fused-ring (bicyclic) bond motifs is 2. The maximum atomic E-state index is 13.0. The van der Waals surface area contributed by atoms with Crippen LogP contribution in [0.1, 0.15) is 36.0 Å². The van der Waals surface area contributed by atoms with E-state index in [2.05, 4.69) is 4.74 Å². The number of rotatable bonds is 4. The number of hydrogen-bond donors (Lipinski definition) is 0. The van der Waals surface area contributed by atoms with Gasteiger partial charge in [0.05, 0.1) is 23.7 Å². The zero-order chi connectivity index (χ0) is 16.6. The number of piperidine rings is 1. The fraction of sp³-hybridized carbons (Fsp3) is 0.562. The maximum Gasteiger partial charge on any atom is 0.337 e. The van der Waals surface area contributed by atoms with Crippen LogP contribution in [-0.4, -0.2) is 51.1 Å². The predicted molar refractivity (Wildman–Crippen MR) is 83.6 cm³/mol. The topological polar surface area (TPSA) is 72.9 Å². The number of methoxy groups -OCH3 is 2. The van der Waals surface area contributed by atoms with Crippen LogP contribution in [0.5, 0.6) is 0 Å². The van der Waals surface area contributed by atoms with Crippen LogP contribution >= 0.6 is 0 Å². The smallest absolute Gasteiger partial charge is 0.337 e. The molecule has 0 amide bonds. The molecule has 2 bridgehead atoms. The van der Waals surface area contributed by atoms with Crippen LogP contribution < -0.4 is 0 Å². The van der Waals surface area contributed by atoms with Gasteiger partial charge in [0.15, 0.2) is 0 Å². The SMILES string of the molecule is COC(=O)c1ccc(S(=O)(=O)N2C3CCC2CC(OC)C3)cc1. The molecule has 0 aliphatic carbocycles. The molecule has 2 fully saturated rings. The number of carbonyl (C=O) groups is 1. The lowest BCUT2D eigenvalue weighted by molar-refractivity contribution is 0.0349.